The van der Waals surface area contributed by atoms with Gasteiger partial charge in [0.25, 0.3) is 0 Å². The second-order valence-corrected chi connectivity index (χ2v) is 5.40. The number of rotatable bonds is 6. The summed E-state index contributed by atoms with van der Waals surface area (Å²) in [5.41, 5.74) is 3.98. The topological polar surface area (TPSA) is 36.4 Å². The van der Waals surface area contributed by atoms with Gasteiger partial charge in [0.2, 0.25) is 0 Å². The van der Waals surface area contributed by atoms with Crippen LogP contribution in [0.3, 0.4) is 0 Å². The van der Waals surface area contributed by atoms with E-state index >= 15 is 0 Å². The normalized spacial score (nSPS) is 11.3. The van der Waals surface area contributed by atoms with E-state index in [-0.39, 0.29) is 0 Å². The molecule has 0 unspecified atom stereocenters. The third-order valence-corrected chi connectivity index (χ3v) is 3.60. The lowest BCUT2D eigenvalue weighted by molar-refractivity contribution is 0.784. The van der Waals surface area contributed by atoms with Gasteiger partial charge in [-0.2, -0.15) is 0 Å². The molecule has 2 rings (SSSR count). The second-order valence-electron chi connectivity index (χ2n) is 5.40. The van der Waals surface area contributed by atoms with Gasteiger partial charge >= 0.3 is 0 Å². The van der Waals surface area contributed by atoms with Crippen LogP contribution in [0.4, 0.5) is 0 Å². The van der Waals surface area contributed by atoms with Gasteiger partial charge in [0.15, 0.2) is 5.96 Å². The van der Waals surface area contributed by atoms with E-state index in [1.807, 2.05) is 13.1 Å². The van der Waals surface area contributed by atoms with E-state index in [1.165, 1.54) is 16.7 Å². The van der Waals surface area contributed by atoms with E-state index in [4.69, 9.17) is 0 Å². The summed E-state index contributed by atoms with van der Waals surface area (Å²) in [7, 11) is 1.81. The molecule has 0 aliphatic carbocycles. The number of guanidine groups is 1. The minimum atomic E-state index is 0.864. The Labute approximate surface area is 133 Å². The van der Waals surface area contributed by atoms with Gasteiger partial charge in [-0.1, -0.05) is 60.2 Å². The van der Waals surface area contributed by atoms with Crippen LogP contribution in [0.1, 0.15) is 16.7 Å². The lowest BCUT2D eigenvalue weighted by atomic mass is 10.1. The van der Waals surface area contributed by atoms with Gasteiger partial charge in [-0.15, -0.1) is 0 Å². The maximum Gasteiger partial charge on any atom is 0.190 e. The molecule has 0 heterocycles. The third-order valence-electron chi connectivity index (χ3n) is 3.60. The van der Waals surface area contributed by atoms with Crippen molar-refractivity contribution in [2.75, 3.05) is 20.1 Å². The van der Waals surface area contributed by atoms with E-state index in [1.54, 1.807) is 0 Å². The summed E-state index contributed by atoms with van der Waals surface area (Å²) in [5, 5.41) is 6.71. The molecule has 0 bridgehead atoms. The van der Waals surface area contributed by atoms with Crippen molar-refractivity contribution in [2.24, 2.45) is 4.99 Å². The molecule has 2 aromatic carbocycles. The predicted molar refractivity (Wildman–Crippen MR) is 94.4 cm³/mol. The Morgan fingerprint density at radius 3 is 1.91 bits per heavy atom. The van der Waals surface area contributed by atoms with Crippen molar-refractivity contribution in [1.82, 2.24) is 10.6 Å². The van der Waals surface area contributed by atoms with E-state index in [2.05, 4.69) is 71.1 Å². The fourth-order valence-electron chi connectivity index (χ4n) is 2.27. The highest BCUT2D eigenvalue weighted by atomic mass is 15.2. The minimum absolute atomic E-state index is 0.864. The van der Waals surface area contributed by atoms with Crippen LogP contribution in [0.25, 0.3) is 0 Å². The zero-order valence-corrected chi connectivity index (χ0v) is 13.5. The van der Waals surface area contributed by atoms with Crippen LogP contribution in [0.15, 0.2) is 59.6 Å². The van der Waals surface area contributed by atoms with Gasteiger partial charge in [-0.25, -0.2) is 0 Å². The molecule has 0 radical (unpaired) electrons. The first-order valence-electron chi connectivity index (χ1n) is 7.82. The van der Waals surface area contributed by atoms with Crippen LogP contribution in [-0.2, 0) is 12.8 Å². The lowest BCUT2D eigenvalue weighted by Gasteiger charge is -2.12. The lowest BCUT2D eigenvalue weighted by Crippen LogP contribution is -2.39. The minimum Gasteiger partial charge on any atom is -0.356 e. The Balaban J connectivity index is 1.68. The molecule has 0 spiro atoms. The second kappa shape index (κ2) is 8.88. The van der Waals surface area contributed by atoms with E-state index in [9.17, 15) is 0 Å². The van der Waals surface area contributed by atoms with Crippen LogP contribution in [0.2, 0.25) is 0 Å². The van der Waals surface area contributed by atoms with Crippen LogP contribution < -0.4 is 10.6 Å². The third kappa shape index (κ3) is 5.60. The number of aryl methyl sites for hydroxylation is 1. The average molecular weight is 295 g/mol. The monoisotopic (exact) mass is 295 g/mol. The Kier molecular flexibility index (Phi) is 6.49. The van der Waals surface area contributed by atoms with Crippen LogP contribution in [-0.4, -0.2) is 26.1 Å². The van der Waals surface area contributed by atoms with Crippen molar-refractivity contribution >= 4 is 5.96 Å². The summed E-state index contributed by atoms with van der Waals surface area (Å²) in [6.45, 7) is 3.88. The average Bonchev–Trinajstić information content (AvgIpc) is 2.56. The first-order chi connectivity index (χ1) is 10.8. The number of nitrogens with one attached hydrogen (secondary N) is 2. The summed E-state index contributed by atoms with van der Waals surface area (Å²) in [6, 6.07) is 19.2. The van der Waals surface area contributed by atoms with Crippen molar-refractivity contribution < 1.29 is 0 Å². The number of aliphatic imine (C=N–C) groups is 1. The summed E-state index contributed by atoms with van der Waals surface area (Å²) in [4.78, 5) is 4.26. The van der Waals surface area contributed by atoms with Crippen molar-refractivity contribution in [1.29, 1.82) is 0 Å². The largest absolute Gasteiger partial charge is 0.356 e. The quantitative estimate of drug-likeness (QED) is 0.635. The van der Waals surface area contributed by atoms with E-state index in [0.29, 0.717) is 0 Å². The summed E-state index contributed by atoms with van der Waals surface area (Å²) in [6.07, 6.45) is 2.00. The highest BCUT2D eigenvalue weighted by Crippen LogP contribution is 2.03. The smallest absolute Gasteiger partial charge is 0.190 e. The van der Waals surface area contributed by atoms with Gasteiger partial charge in [0, 0.05) is 20.1 Å². The van der Waals surface area contributed by atoms with Gasteiger partial charge in [0.05, 0.1) is 0 Å². The fraction of sp³-hybridized carbons (Fsp3) is 0.316. The Morgan fingerprint density at radius 2 is 1.36 bits per heavy atom. The molecule has 0 aromatic heterocycles. The highest BCUT2D eigenvalue weighted by molar-refractivity contribution is 5.79. The van der Waals surface area contributed by atoms with Crippen molar-refractivity contribution in [3.05, 3.63) is 71.3 Å². The molecule has 3 heteroatoms. The zero-order valence-electron chi connectivity index (χ0n) is 13.5. The summed E-state index contributed by atoms with van der Waals surface area (Å²) >= 11 is 0. The molecule has 0 saturated heterocycles. The van der Waals surface area contributed by atoms with Gasteiger partial charge in [-0.05, 0) is 30.9 Å². The zero-order chi connectivity index (χ0) is 15.6. The maximum absolute atomic E-state index is 4.26. The molecule has 0 aliphatic rings. The SMILES string of the molecule is CN=C(NCCc1ccccc1)NCCc1ccc(C)cc1. The Hall–Kier alpha value is -2.29. The number of nitrogens with zero attached hydrogens (tertiary/aromatic N) is 1. The molecular formula is C19H25N3. The van der Waals surface area contributed by atoms with Gasteiger partial charge in [-0.3, -0.25) is 4.99 Å². The molecular weight excluding hydrogens is 270 g/mol. The number of hydrogen-bond donors (Lipinski definition) is 2. The molecule has 116 valence electrons. The molecule has 2 aromatic rings. The number of hydrogen-bond acceptors (Lipinski definition) is 1. The van der Waals surface area contributed by atoms with Crippen molar-refractivity contribution in [2.45, 2.75) is 19.8 Å². The molecule has 22 heavy (non-hydrogen) atoms. The maximum atomic E-state index is 4.26. The fourth-order valence-corrected chi connectivity index (χ4v) is 2.27. The number of benzene rings is 2. The summed E-state index contributed by atoms with van der Waals surface area (Å²) < 4.78 is 0. The molecule has 3 nitrogen and oxygen atoms in total. The van der Waals surface area contributed by atoms with Crippen LogP contribution in [0.5, 0.6) is 0 Å². The van der Waals surface area contributed by atoms with Gasteiger partial charge in [0.1, 0.15) is 0 Å². The Morgan fingerprint density at radius 1 is 0.818 bits per heavy atom. The molecule has 0 atom stereocenters. The van der Waals surface area contributed by atoms with Crippen molar-refractivity contribution in [3.63, 3.8) is 0 Å². The van der Waals surface area contributed by atoms with Gasteiger partial charge < -0.3 is 10.6 Å². The molecule has 2 N–H and O–H groups in total. The summed E-state index contributed by atoms with van der Waals surface area (Å²) in [5.74, 6) is 0.864. The molecule has 0 amide bonds. The first-order valence-corrected chi connectivity index (χ1v) is 7.82. The van der Waals surface area contributed by atoms with E-state index < -0.39 is 0 Å². The molecule has 0 saturated carbocycles. The Bertz CT molecular complexity index is 573. The van der Waals surface area contributed by atoms with E-state index in [0.717, 1.165) is 31.9 Å². The predicted octanol–water partition coefficient (Wildman–Crippen LogP) is 2.95. The molecule has 0 fully saturated rings. The van der Waals surface area contributed by atoms with Crippen LogP contribution >= 0.6 is 0 Å². The molecule has 0 aliphatic heterocycles. The van der Waals surface area contributed by atoms with Crippen molar-refractivity contribution in [3.8, 4) is 0 Å². The standard InChI is InChI=1S/C19H25N3/c1-16-8-10-18(11-9-16)13-15-22-19(20-2)21-14-12-17-6-4-3-5-7-17/h3-11H,12-15H2,1-2H3,(H2,20,21,22). The van der Waals surface area contributed by atoms with Crippen LogP contribution in [0, 0.1) is 6.92 Å². The first kappa shape index (κ1) is 16.1. The highest BCUT2D eigenvalue weighted by Gasteiger charge is 1.98.